The molecule has 0 amide bonds. The summed E-state index contributed by atoms with van der Waals surface area (Å²) < 4.78 is 0. The van der Waals surface area contributed by atoms with E-state index in [2.05, 4.69) is 44.9 Å². The molecule has 0 aliphatic carbocycles. The number of halogens is 1. The molecule has 2 N–H and O–H groups in total. The first-order chi connectivity index (χ1) is 12.3. The summed E-state index contributed by atoms with van der Waals surface area (Å²) in [4.78, 5) is 8.76. The molecule has 0 radical (unpaired) electrons. The van der Waals surface area contributed by atoms with Crippen LogP contribution in [0.1, 0.15) is 17.5 Å². The zero-order valence-corrected chi connectivity index (χ0v) is 14.7. The number of hydrogen-bond donors (Lipinski definition) is 2. The van der Waals surface area contributed by atoms with Crippen molar-refractivity contribution in [1.82, 2.24) is 9.97 Å². The van der Waals surface area contributed by atoms with Crippen molar-refractivity contribution < 1.29 is 0 Å². The zero-order chi connectivity index (χ0) is 17.3. The Balaban J connectivity index is 1.45. The molecule has 0 saturated heterocycles. The van der Waals surface area contributed by atoms with Crippen molar-refractivity contribution in [3.63, 3.8) is 0 Å². The number of anilines is 2. The van der Waals surface area contributed by atoms with Crippen molar-refractivity contribution in [2.45, 2.75) is 19.4 Å². The topological polar surface area (TPSA) is 49.8 Å². The van der Waals surface area contributed by atoms with Gasteiger partial charge < -0.3 is 10.6 Å². The van der Waals surface area contributed by atoms with E-state index in [1.165, 1.54) is 5.56 Å². The largest absolute Gasteiger partial charge is 0.366 e. The Bertz CT molecular complexity index is 775. The van der Waals surface area contributed by atoms with Gasteiger partial charge in [-0.1, -0.05) is 54.1 Å². The number of rotatable bonds is 8. The molecule has 0 atom stereocenters. The smallest absolute Gasteiger partial charge is 0.224 e. The maximum Gasteiger partial charge on any atom is 0.224 e. The number of aromatic nitrogens is 2. The van der Waals surface area contributed by atoms with Crippen LogP contribution >= 0.6 is 11.6 Å². The van der Waals surface area contributed by atoms with Gasteiger partial charge in [0.2, 0.25) is 5.95 Å². The molecule has 3 aromatic rings. The van der Waals surface area contributed by atoms with Crippen molar-refractivity contribution in [2.75, 3.05) is 17.2 Å². The minimum atomic E-state index is 0.647. The highest BCUT2D eigenvalue weighted by atomic mass is 35.5. The van der Waals surface area contributed by atoms with Gasteiger partial charge in [0, 0.05) is 24.3 Å². The first kappa shape index (κ1) is 17.2. The number of nitrogens with one attached hydrogen (secondary N) is 2. The number of aryl methyl sites for hydroxylation is 1. The summed E-state index contributed by atoms with van der Waals surface area (Å²) >= 11 is 5.90. The van der Waals surface area contributed by atoms with Crippen LogP contribution in [-0.2, 0) is 13.0 Å². The first-order valence-corrected chi connectivity index (χ1v) is 8.76. The van der Waals surface area contributed by atoms with E-state index in [0.29, 0.717) is 12.5 Å². The zero-order valence-electron chi connectivity index (χ0n) is 14.0. The fourth-order valence-electron chi connectivity index (χ4n) is 2.47. The summed E-state index contributed by atoms with van der Waals surface area (Å²) in [6.07, 6.45) is 3.84. The molecular formula is C20H21ClN4. The predicted molar refractivity (Wildman–Crippen MR) is 104 cm³/mol. The van der Waals surface area contributed by atoms with Gasteiger partial charge in [0.1, 0.15) is 5.82 Å². The third kappa shape index (κ3) is 5.76. The van der Waals surface area contributed by atoms with Crippen LogP contribution in [0.3, 0.4) is 0 Å². The van der Waals surface area contributed by atoms with Gasteiger partial charge in [0.25, 0.3) is 0 Å². The predicted octanol–water partition coefficient (Wildman–Crippen LogP) is 4.79. The fourth-order valence-corrected chi connectivity index (χ4v) is 2.60. The highest BCUT2D eigenvalue weighted by molar-refractivity contribution is 6.30. The van der Waals surface area contributed by atoms with E-state index in [1.54, 1.807) is 6.20 Å². The second kappa shape index (κ2) is 9.04. The first-order valence-electron chi connectivity index (χ1n) is 8.39. The van der Waals surface area contributed by atoms with Crippen LogP contribution in [0.15, 0.2) is 66.9 Å². The molecule has 128 valence electrons. The summed E-state index contributed by atoms with van der Waals surface area (Å²) in [5, 5.41) is 7.33. The maximum absolute atomic E-state index is 5.90. The normalized spacial score (nSPS) is 10.4. The second-order valence-electron chi connectivity index (χ2n) is 5.76. The van der Waals surface area contributed by atoms with E-state index < -0.39 is 0 Å². The van der Waals surface area contributed by atoms with E-state index in [4.69, 9.17) is 11.6 Å². The van der Waals surface area contributed by atoms with Gasteiger partial charge in [-0.25, -0.2) is 4.98 Å². The summed E-state index contributed by atoms with van der Waals surface area (Å²) in [5.41, 5.74) is 2.50. The van der Waals surface area contributed by atoms with Gasteiger partial charge in [0.15, 0.2) is 0 Å². The van der Waals surface area contributed by atoms with Crippen molar-refractivity contribution >= 4 is 23.4 Å². The van der Waals surface area contributed by atoms with Gasteiger partial charge in [-0.15, -0.1) is 0 Å². The molecule has 25 heavy (non-hydrogen) atoms. The SMILES string of the molecule is Clc1ccc(CNc2ccnc(NCCCc3ccccc3)n2)cc1. The van der Waals surface area contributed by atoms with Crippen LogP contribution in [0.5, 0.6) is 0 Å². The molecule has 0 aliphatic rings. The Morgan fingerprint density at radius 1 is 0.840 bits per heavy atom. The monoisotopic (exact) mass is 352 g/mol. The van der Waals surface area contributed by atoms with E-state index in [1.807, 2.05) is 36.4 Å². The molecule has 0 unspecified atom stereocenters. The molecule has 3 rings (SSSR count). The summed E-state index contributed by atoms with van der Waals surface area (Å²) in [6, 6.07) is 20.1. The van der Waals surface area contributed by atoms with Crippen molar-refractivity contribution in [2.24, 2.45) is 0 Å². The molecule has 0 spiro atoms. The van der Waals surface area contributed by atoms with Crippen LogP contribution in [-0.4, -0.2) is 16.5 Å². The van der Waals surface area contributed by atoms with Crippen LogP contribution in [0.2, 0.25) is 5.02 Å². The Labute approximate surface area is 153 Å². The molecule has 0 saturated carbocycles. The van der Waals surface area contributed by atoms with E-state index in [0.717, 1.165) is 35.8 Å². The van der Waals surface area contributed by atoms with Gasteiger partial charge in [-0.3, -0.25) is 0 Å². The average molecular weight is 353 g/mol. The van der Waals surface area contributed by atoms with E-state index >= 15 is 0 Å². The minimum Gasteiger partial charge on any atom is -0.366 e. The molecule has 0 bridgehead atoms. The molecule has 0 aliphatic heterocycles. The summed E-state index contributed by atoms with van der Waals surface area (Å²) in [7, 11) is 0. The van der Waals surface area contributed by atoms with Crippen molar-refractivity contribution in [3.05, 3.63) is 83.0 Å². The Morgan fingerprint density at radius 2 is 1.64 bits per heavy atom. The van der Waals surface area contributed by atoms with Crippen LogP contribution in [0, 0.1) is 0 Å². The molecule has 1 aromatic heterocycles. The fraction of sp³-hybridized carbons (Fsp3) is 0.200. The van der Waals surface area contributed by atoms with Gasteiger partial charge in [0.05, 0.1) is 0 Å². The van der Waals surface area contributed by atoms with Crippen LogP contribution < -0.4 is 10.6 Å². The highest BCUT2D eigenvalue weighted by Crippen LogP contribution is 2.12. The lowest BCUT2D eigenvalue weighted by Gasteiger charge is -2.09. The highest BCUT2D eigenvalue weighted by Gasteiger charge is 2.00. The Kier molecular flexibility index (Phi) is 6.23. The lowest BCUT2D eigenvalue weighted by atomic mass is 10.1. The standard InChI is InChI=1S/C20H21ClN4/c21-18-10-8-17(9-11-18)15-24-19-12-14-23-20(25-19)22-13-4-7-16-5-2-1-3-6-16/h1-3,5-6,8-12,14H,4,7,13,15H2,(H2,22,23,24,25). The van der Waals surface area contributed by atoms with Crippen LogP contribution in [0.4, 0.5) is 11.8 Å². The Morgan fingerprint density at radius 3 is 2.44 bits per heavy atom. The minimum absolute atomic E-state index is 0.647. The molecule has 4 nitrogen and oxygen atoms in total. The average Bonchev–Trinajstić information content (AvgIpc) is 2.66. The second-order valence-corrected chi connectivity index (χ2v) is 6.20. The molecule has 2 aromatic carbocycles. The van der Waals surface area contributed by atoms with Gasteiger partial charge in [-0.05, 0) is 42.2 Å². The third-order valence-corrected chi connectivity index (χ3v) is 4.06. The number of benzene rings is 2. The number of nitrogens with zero attached hydrogens (tertiary/aromatic N) is 2. The lowest BCUT2D eigenvalue weighted by Crippen LogP contribution is -2.08. The summed E-state index contributed by atoms with van der Waals surface area (Å²) in [6.45, 7) is 1.54. The van der Waals surface area contributed by atoms with Gasteiger partial charge in [-0.2, -0.15) is 4.98 Å². The molecule has 0 fully saturated rings. The van der Waals surface area contributed by atoms with E-state index in [-0.39, 0.29) is 0 Å². The molecular weight excluding hydrogens is 332 g/mol. The summed E-state index contributed by atoms with van der Waals surface area (Å²) in [5.74, 6) is 1.45. The van der Waals surface area contributed by atoms with Gasteiger partial charge >= 0.3 is 0 Å². The van der Waals surface area contributed by atoms with Crippen LogP contribution in [0.25, 0.3) is 0 Å². The van der Waals surface area contributed by atoms with Crippen molar-refractivity contribution in [1.29, 1.82) is 0 Å². The quantitative estimate of drug-likeness (QED) is 0.572. The van der Waals surface area contributed by atoms with E-state index in [9.17, 15) is 0 Å². The lowest BCUT2D eigenvalue weighted by molar-refractivity contribution is 0.852. The maximum atomic E-state index is 5.90. The molecule has 5 heteroatoms. The molecule has 1 heterocycles. The van der Waals surface area contributed by atoms with Crippen molar-refractivity contribution in [3.8, 4) is 0 Å². The number of hydrogen-bond acceptors (Lipinski definition) is 4. The Hall–Kier alpha value is -2.59. The third-order valence-electron chi connectivity index (χ3n) is 3.81.